The molecule has 0 aliphatic carbocycles. The largest absolute Gasteiger partial charge is 0.495 e. The molecule has 0 bridgehead atoms. The summed E-state index contributed by atoms with van der Waals surface area (Å²) < 4.78 is 19.0. The van der Waals surface area contributed by atoms with Crippen LogP contribution in [0.25, 0.3) is 5.57 Å². The van der Waals surface area contributed by atoms with Gasteiger partial charge in [-0.3, -0.25) is 9.59 Å². The average Bonchev–Trinajstić information content (AvgIpc) is 2.99. The van der Waals surface area contributed by atoms with Gasteiger partial charge in [0.1, 0.15) is 17.3 Å². The Morgan fingerprint density at radius 2 is 1.66 bits per heavy atom. The van der Waals surface area contributed by atoms with Crippen molar-refractivity contribution in [3.8, 4) is 5.75 Å². The van der Waals surface area contributed by atoms with Crippen LogP contribution in [0, 0.1) is 19.7 Å². The van der Waals surface area contributed by atoms with Crippen LogP contribution in [-0.2, 0) is 9.59 Å². The summed E-state index contributed by atoms with van der Waals surface area (Å²) >= 11 is 6.06. The zero-order valence-electron chi connectivity index (χ0n) is 17.7. The molecule has 4 rings (SSSR count). The van der Waals surface area contributed by atoms with Gasteiger partial charge >= 0.3 is 0 Å². The van der Waals surface area contributed by atoms with Gasteiger partial charge in [0.25, 0.3) is 11.8 Å². The van der Waals surface area contributed by atoms with Gasteiger partial charge in [0.2, 0.25) is 0 Å². The molecule has 0 atom stereocenters. The van der Waals surface area contributed by atoms with Crippen molar-refractivity contribution in [3.05, 3.63) is 93.9 Å². The summed E-state index contributed by atoms with van der Waals surface area (Å²) in [7, 11) is 1.52. The van der Waals surface area contributed by atoms with E-state index in [0.717, 1.165) is 10.5 Å². The average molecular weight is 451 g/mol. The summed E-state index contributed by atoms with van der Waals surface area (Å²) in [5.41, 5.74) is 3.24. The Labute approximate surface area is 190 Å². The Balaban J connectivity index is 1.87. The molecule has 0 saturated heterocycles. The van der Waals surface area contributed by atoms with Crippen LogP contribution in [-0.4, -0.2) is 18.9 Å². The summed E-state index contributed by atoms with van der Waals surface area (Å²) in [6.45, 7) is 3.68. The van der Waals surface area contributed by atoms with Gasteiger partial charge in [0.15, 0.2) is 0 Å². The fraction of sp³-hybridized carbons (Fsp3) is 0.120. The highest BCUT2D eigenvalue weighted by molar-refractivity contribution is 6.46. The highest BCUT2D eigenvalue weighted by atomic mass is 35.5. The van der Waals surface area contributed by atoms with Crippen molar-refractivity contribution in [2.75, 3.05) is 17.3 Å². The first-order valence-electron chi connectivity index (χ1n) is 9.87. The SMILES string of the molecule is COc1ccc(C)cc1NC1=C(c2ccc(F)cc2)C(=O)N(c2ccc(Cl)cc2C)C1=O. The van der Waals surface area contributed by atoms with E-state index in [1.165, 1.54) is 31.4 Å². The molecule has 0 aromatic heterocycles. The smallest absolute Gasteiger partial charge is 0.282 e. The standard InChI is InChI=1S/C25H20ClFN2O3/c1-14-4-11-21(32-3)19(12-14)28-23-22(16-5-8-18(27)9-6-16)24(30)29(25(23)31)20-10-7-17(26)13-15(20)2/h4-13,28H,1-3H3. The van der Waals surface area contributed by atoms with Crippen LogP contribution in [0.2, 0.25) is 5.02 Å². The van der Waals surface area contributed by atoms with E-state index in [2.05, 4.69) is 5.32 Å². The number of halogens is 2. The van der Waals surface area contributed by atoms with Gasteiger partial charge in [0, 0.05) is 5.02 Å². The second kappa shape index (κ2) is 8.48. The molecule has 0 spiro atoms. The zero-order chi connectivity index (χ0) is 23.0. The molecular weight excluding hydrogens is 431 g/mol. The second-order valence-corrected chi connectivity index (χ2v) is 7.90. The number of amides is 2. The number of hydrogen-bond donors (Lipinski definition) is 1. The van der Waals surface area contributed by atoms with Gasteiger partial charge in [-0.25, -0.2) is 9.29 Å². The van der Waals surface area contributed by atoms with E-state index in [1.54, 1.807) is 31.2 Å². The molecule has 2 amide bonds. The van der Waals surface area contributed by atoms with Crippen LogP contribution in [0.1, 0.15) is 16.7 Å². The maximum absolute atomic E-state index is 13.5. The van der Waals surface area contributed by atoms with E-state index in [9.17, 15) is 14.0 Å². The number of hydrogen-bond acceptors (Lipinski definition) is 4. The normalized spacial score (nSPS) is 13.7. The monoisotopic (exact) mass is 450 g/mol. The first-order valence-corrected chi connectivity index (χ1v) is 10.2. The number of methoxy groups -OCH3 is 1. The van der Waals surface area contributed by atoms with E-state index in [1.807, 2.05) is 19.1 Å². The summed E-state index contributed by atoms with van der Waals surface area (Å²) in [4.78, 5) is 28.1. The van der Waals surface area contributed by atoms with Crippen molar-refractivity contribution in [2.24, 2.45) is 0 Å². The predicted octanol–water partition coefficient (Wildman–Crippen LogP) is 5.50. The molecule has 7 heteroatoms. The van der Waals surface area contributed by atoms with E-state index < -0.39 is 17.6 Å². The summed E-state index contributed by atoms with van der Waals surface area (Å²) in [6.07, 6.45) is 0. The molecule has 5 nitrogen and oxygen atoms in total. The number of anilines is 2. The molecule has 0 radical (unpaired) electrons. The molecule has 3 aromatic rings. The zero-order valence-corrected chi connectivity index (χ0v) is 18.5. The maximum atomic E-state index is 13.5. The minimum absolute atomic E-state index is 0.0832. The van der Waals surface area contributed by atoms with E-state index in [0.29, 0.717) is 33.3 Å². The van der Waals surface area contributed by atoms with Crippen LogP contribution in [0.4, 0.5) is 15.8 Å². The van der Waals surface area contributed by atoms with Crippen molar-refractivity contribution >= 4 is 40.4 Å². The Kier molecular flexibility index (Phi) is 5.72. The molecular formula is C25H20ClFN2O3. The lowest BCUT2D eigenvalue weighted by molar-refractivity contribution is -0.120. The van der Waals surface area contributed by atoms with Crippen molar-refractivity contribution in [1.82, 2.24) is 0 Å². The number of carbonyl (C=O) groups excluding carboxylic acids is 2. The Bertz CT molecular complexity index is 1270. The van der Waals surface area contributed by atoms with Crippen LogP contribution in [0.5, 0.6) is 5.75 Å². The molecule has 3 aromatic carbocycles. The summed E-state index contributed by atoms with van der Waals surface area (Å²) in [6, 6.07) is 15.9. The van der Waals surface area contributed by atoms with Crippen molar-refractivity contribution in [1.29, 1.82) is 0 Å². The Morgan fingerprint density at radius 3 is 2.31 bits per heavy atom. The molecule has 0 unspecified atom stereocenters. The molecule has 0 saturated carbocycles. The number of imide groups is 1. The van der Waals surface area contributed by atoms with Gasteiger partial charge < -0.3 is 10.1 Å². The maximum Gasteiger partial charge on any atom is 0.282 e. The molecule has 1 heterocycles. The third kappa shape index (κ3) is 3.85. The van der Waals surface area contributed by atoms with Crippen LogP contribution in [0.3, 0.4) is 0 Å². The van der Waals surface area contributed by atoms with Gasteiger partial charge in [0.05, 0.1) is 24.1 Å². The van der Waals surface area contributed by atoms with Crippen molar-refractivity contribution in [3.63, 3.8) is 0 Å². The van der Waals surface area contributed by atoms with Gasteiger partial charge in [-0.15, -0.1) is 0 Å². The number of nitrogens with one attached hydrogen (secondary N) is 1. The van der Waals surface area contributed by atoms with E-state index >= 15 is 0 Å². The number of nitrogens with zero attached hydrogens (tertiary/aromatic N) is 1. The number of benzene rings is 3. The second-order valence-electron chi connectivity index (χ2n) is 7.46. The minimum Gasteiger partial charge on any atom is -0.495 e. The third-order valence-corrected chi connectivity index (χ3v) is 5.47. The van der Waals surface area contributed by atoms with Gasteiger partial charge in [-0.05, 0) is 73.0 Å². The molecule has 32 heavy (non-hydrogen) atoms. The lowest BCUT2D eigenvalue weighted by atomic mass is 10.0. The molecule has 1 aliphatic heterocycles. The number of ether oxygens (including phenoxy) is 1. The minimum atomic E-state index is -0.525. The summed E-state index contributed by atoms with van der Waals surface area (Å²) in [5.74, 6) is -0.959. The number of carbonyl (C=O) groups is 2. The Morgan fingerprint density at radius 1 is 0.938 bits per heavy atom. The first-order chi connectivity index (χ1) is 15.3. The van der Waals surface area contributed by atoms with Crippen LogP contribution < -0.4 is 15.0 Å². The summed E-state index contributed by atoms with van der Waals surface area (Å²) in [5, 5.41) is 3.60. The lowest BCUT2D eigenvalue weighted by Crippen LogP contribution is -2.33. The molecule has 1 aliphatic rings. The van der Waals surface area contributed by atoms with Crippen molar-refractivity contribution in [2.45, 2.75) is 13.8 Å². The highest BCUT2D eigenvalue weighted by Crippen LogP contribution is 2.37. The lowest BCUT2D eigenvalue weighted by Gasteiger charge is -2.18. The number of aryl methyl sites for hydroxylation is 2. The third-order valence-electron chi connectivity index (χ3n) is 5.23. The predicted molar refractivity (Wildman–Crippen MR) is 123 cm³/mol. The van der Waals surface area contributed by atoms with Gasteiger partial charge in [-0.1, -0.05) is 29.8 Å². The van der Waals surface area contributed by atoms with Crippen LogP contribution in [0.15, 0.2) is 66.4 Å². The molecule has 162 valence electrons. The first kappa shape index (κ1) is 21.6. The van der Waals surface area contributed by atoms with Crippen molar-refractivity contribution < 1.29 is 18.7 Å². The van der Waals surface area contributed by atoms with E-state index in [4.69, 9.17) is 16.3 Å². The van der Waals surface area contributed by atoms with Crippen LogP contribution >= 0.6 is 11.6 Å². The number of rotatable bonds is 5. The topological polar surface area (TPSA) is 58.6 Å². The molecule has 1 N–H and O–H groups in total. The highest BCUT2D eigenvalue weighted by Gasteiger charge is 2.41. The fourth-order valence-corrected chi connectivity index (χ4v) is 3.90. The molecule has 0 fully saturated rings. The Hall–Kier alpha value is -3.64. The fourth-order valence-electron chi connectivity index (χ4n) is 3.67. The quantitative estimate of drug-likeness (QED) is 0.521. The van der Waals surface area contributed by atoms with Gasteiger partial charge in [-0.2, -0.15) is 0 Å². The van der Waals surface area contributed by atoms with E-state index in [-0.39, 0.29) is 11.3 Å².